The zero-order valence-corrected chi connectivity index (χ0v) is 16.9. The molecular weight excluding hydrogens is 320 g/mol. The molecule has 0 amide bonds. The molecule has 0 spiro atoms. The molecule has 0 saturated carbocycles. The lowest BCUT2D eigenvalue weighted by molar-refractivity contribution is -0.163. The molecule has 0 aliphatic heterocycles. The number of esters is 2. The van der Waals surface area contributed by atoms with E-state index in [2.05, 4.69) is 13.8 Å². The number of Topliss-reactive ketones (excluding diaryl/α,β-unsaturated/α-hetero) is 1. The summed E-state index contributed by atoms with van der Waals surface area (Å²) in [6.07, 6.45) is 1.60. The van der Waals surface area contributed by atoms with Gasteiger partial charge in [0.25, 0.3) is 0 Å². The molecule has 0 bridgehead atoms. The predicted molar refractivity (Wildman–Crippen MR) is 97.9 cm³/mol. The van der Waals surface area contributed by atoms with E-state index in [0.29, 0.717) is 12.3 Å². The van der Waals surface area contributed by atoms with Crippen molar-refractivity contribution in [2.24, 2.45) is 23.2 Å². The first kappa shape index (κ1) is 23.4. The van der Waals surface area contributed by atoms with E-state index in [0.717, 1.165) is 6.42 Å². The summed E-state index contributed by atoms with van der Waals surface area (Å²) in [4.78, 5) is 36.9. The van der Waals surface area contributed by atoms with Gasteiger partial charge in [0.15, 0.2) is 5.78 Å². The van der Waals surface area contributed by atoms with Crippen LogP contribution in [-0.4, -0.2) is 22.8 Å². The molecule has 1 N–H and O–H groups in total. The maximum absolute atomic E-state index is 12.5. The van der Waals surface area contributed by atoms with Crippen LogP contribution in [0, 0.1) is 23.2 Å². The third-order valence-electron chi connectivity index (χ3n) is 3.77. The molecule has 1 atom stereocenters. The molecule has 0 saturated heterocycles. The predicted octanol–water partition coefficient (Wildman–Crippen LogP) is 4.60. The SMILES string of the molecule is CC(C)CCC(C)C(O)=C(C(=O)CC(C)C)C(=O)OC(=O)C(C)(C)C. The highest BCUT2D eigenvalue weighted by Gasteiger charge is 2.32. The summed E-state index contributed by atoms with van der Waals surface area (Å²) in [5, 5.41) is 10.5. The van der Waals surface area contributed by atoms with Crippen molar-refractivity contribution < 1.29 is 24.2 Å². The molecule has 0 heterocycles. The number of rotatable bonds is 8. The van der Waals surface area contributed by atoms with Crippen LogP contribution in [0.5, 0.6) is 0 Å². The smallest absolute Gasteiger partial charge is 0.352 e. The van der Waals surface area contributed by atoms with Gasteiger partial charge in [-0.15, -0.1) is 0 Å². The van der Waals surface area contributed by atoms with E-state index < -0.39 is 23.1 Å². The molecule has 0 aromatic heterocycles. The normalized spacial score (nSPS) is 14.3. The number of carbonyl (C=O) groups is 3. The van der Waals surface area contributed by atoms with Crippen LogP contribution in [-0.2, 0) is 19.1 Å². The number of allylic oxidation sites excluding steroid dienone is 1. The van der Waals surface area contributed by atoms with Crippen molar-refractivity contribution in [3.8, 4) is 0 Å². The average molecular weight is 354 g/mol. The highest BCUT2D eigenvalue weighted by Crippen LogP contribution is 2.24. The van der Waals surface area contributed by atoms with Crippen LogP contribution in [0.25, 0.3) is 0 Å². The molecule has 144 valence electrons. The molecular formula is C20H34O5. The van der Waals surface area contributed by atoms with Gasteiger partial charge in [-0.25, -0.2) is 4.79 Å². The van der Waals surface area contributed by atoms with Crippen molar-refractivity contribution in [3.05, 3.63) is 11.3 Å². The molecule has 1 unspecified atom stereocenters. The summed E-state index contributed by atoms with van der Waals surface area (Å²) in [6, 6.07) is 0. The number of ketones is 1. The van der Waals surface area contributed by atoms with Gasteiger partial charge >= 0.3 is 11.9 Å². The van der Waals surface area contributed by atoms with E-state index in [9.17, 15) is 19.5 Å². The Morgan fingerprint density at radius 2 is 1.44 bits per heavy atom. The van der Waals surface area contributed by atoms with Crippen molar-refractivity contribution in [1.29, 1.82) is 0 Å². The van der Waals surface area contributed by atoms with Crippen molar-refractivity contribution in [1.82, 2.24) is 0 Å². The Labute approximate surface area is 151 Å². The van der Waals surface area contributed by atoms with E-state index >= 15 is 0 Å². The number of carbonyl (C=O) groups excluding carboxylic acids is 3. The Morgan fingerprint density at radius 3 is 1.84 bits per heavy atom. The minimum absolute atomic E-state index is 0.0207. The summed E-state index contributed by atoms with van der Waals surface area (Å²) in [6.45, 7) is 14.4. The van der Waals surface area contributed by atoms with Crippen LogP contribution in [0.2, 0.25) is 0 Å². The lowest BCUT2D eigenvalue weighted by Crippen LogP contribution is -2.29. The van der Waals surface area contributed by atoms with Gasteiger partial charge in [0, 0.05) is 12.3 Å². The summed E-state index contributed by atoms with van der Waals surface area (Å²) in [5.41, 5.74) is -1.26. The summed E-state index contributed by atoms with van der Waals surface area (Å²) in [5.74, 6) is -2.44. The molecule has 0 aliphatic rings. The van der Waals surface area contributed by atoms with Gasteiger partial charge in [-0.05, 0) is 39.0 Å². The van der Waals surface area contributed by atoms with Crippen LogP contribution in [0.4, 0.5) is 0 Å². The zero-order chi connectivity index (χ0) is 19.9. The minimum atomic E-state index is -1.06. The molecule has 0 fully saturated rings. The van der Waals surface area contributed by atoms with Gasteiger partial charge in [-0.3, -0.25) is 9.59 Å². The third-order valence-corrected chi connectivity index (χ3v) is 3.77. The number of hydrogen-bond donors (Lipinski definition) is 1. The standard InChI is InChI=1S/C20H34O5/c1-12(2)9-10-14(5)17(22)16(15(21)11-13(3)4)18(23)25-19(24)20(6,7)8/h12-14,22H,9-11H2,1-8H3. The van der Waals surface area contributed by atoms with Gasteiger partial charge in [0.2, 0.25) is 0 Å². The zero-order valence-electron chi connectivity index (χ0n) is 16.9. The highest BCUT2D eigenvalue weighted by molar-refractivity contribution is 6.19. The highest BCUT2D eigenvalue weighted by atomic mass is 16.6. The fraction of sp³-hybridized carbons (Fsp3) is 0.750. The molecule has 0 aromatic carbocycles. The van der Waals surface area contributed by atoms with Gasteiger partial charge in [-0.1, -0.05) is 41.0 Å². The molecule has 25 heavy (non-hydrogen) atoms. The minimum Gasteiger partial charge on any atom is -0.511 e. The topological polar surface area (TPSA) is 80.7 Å². The van der Waals surface area contributed by atoms with E-state index in [4.69, 9.17) is 4.74 Å². The largest absolute Gasteiger partial charge is 0.511 e. The second kappa shape index (κ2) is 9.73. The van der Waals surface area contributed by atoms with E-state index in [-0.39, 0.29) is 29.6 Å². The monoisotopic (exact) mass is 354 g/mol. The van der Waals surface area contributed by atoms with Crippen molar-refractivity contribution in [2.75, 3.05) is 0 Å². The molecule has 5 nitrogen and oxygen atoms in total. The Balaban J connectivity index is 5.61. The van der Waals surface area contributed by atoms with Crippen molar-refractivity contribution in [3.63, 3.8) is 0 Å². The fourth-order valence-corrected chi connectivity index (χ4v) is 2.09. The molecule has 0 rings (SSSR count). The van der Waals surface area contributed by atoms with Gasteiger partial charge in [-0.2, -0.15) is 0 Å². The quantitative estimate of drug-likeness (QED) is 0.226. The first-order valence-electron chi connectivity index (χ1n) is 9.00. The van der Waals surface area contributed by atoms with Crippen LogP contribution >= 0.6 is 0 Å². The number of ether oxygens (including phenoxy) is 1. The lowest BCUT2D eigenvalue weighted by atomic mass is 9.92. The molecule has 0 aliphatic carbocycles. The van der Waals surface area contributed by atoms with E-state index in [1.165, 1.54) is 0 Å². The molecule has 5 heteroatoms. The summed E-state index contributed by atoms with van der Waals surface area (Å²) >= 11 is 0. The number of hydrogen-bond acceptors (Lipinski definition) is 5. The number of aliphatic hydroxyl groups is 1. The molecule has 0 radical (unpaired) electrons. The average Bonchev–Trinajstić information content (AvgIpc) is 2.42. The van der Waals surface area contributed by atoms with Crippen LogP contribution in [0.1, 0.15) is 74.7 Å². The summed E-state index contributed by atoms with van der Waals surface area (Å²) in [7, 11) is 0. The van der Waals surface area contributed by atoms with Crippen LogP contribution < -0.4 is 0 Å². The summed E-state index contributed by atoms with van der Waals surface area (Å²) < 4.78 is 4.86. The third kappa shape index (κ3) is 8.32. The lowest BCUT2D eigenvalue weighted by Gasteiger charge is -2.19. The van der Waals surface area contributed by atoms with Crippen LogP contribution in [0.15, 0.2) is 11.3 Å². The second-order valence-electron chi connectivity index (χ2n) is 8.58. The molecule has 0 aromatic rings. The Hall–Kier alpha value is -1.65. The van der Waals surface area contributed by atoms with Gasteiger partial charge in [0.05, 0.1) is 5.41 Å². The van der Waals surface area contributed by atoms with Crippen LogP contribution in [0.3, 0.4) is 0 Å². The maximum Gasteiger partial charge on any atom is 0.352 e. The first-order chi connectivity index (χ1) is 11.3. The fourth-order valence-electron chi connectivity index (χ4n) is 2.09. The van der Waals surface area contributed by atoms with Gasteiger partial charge in [0.1, 0.15) is 11.3 Å². The van der Waals surface area contributed by atoms with Crippen molar-refractivity contribution in [2.45, 2.75) is 74.7 Å². The van der Waals surface area contributed by atoms with E-state index in [1.54, 1.807) is 27.7 Å². The Bertz CT molecular complexity index is 521. The maximum atomic E-state index is 12.5. The second-order valence-corrected chi connectivity index (χ2v) is 8.58. The first-order valence-corrected chi connectivity index (χ1v) is 9.00. The number of aliphatic hydroxyl groups excluding tert-OH is 1. The van der Waals surface area contributed by atoms with Crippen molar-refractivity contribution >= 4 is 17.7 Å². The Kier molecular flexibility index (Phi) is 9.09. The van der Waals surface area contributed by atoms with E-state index in [1.807, 2.05) is 13.8 Å². The van der Waals surface area contributed by atoms with Gasteiger partial charge < -0.3 is 9.84 Å². The Morgan fingerprint density at radius 1 is 0.920 bits per heavy atom.